The largest absolute Gasteiger partial charge is 0.325 e. The van der Waals surface area contributed by atoms with Gasteiger partial charge in [0.2, 0.25) is 16.0 Å². The molecule has 0 atom stereocenters. The van der Waals surface area contributed by atoms with Crippen molar-refractivity contribution in [3.05, 3.63) is 59.0 Å². The Kier molecular flexibility index (Phi) is 4.38. The molecule has 9 heteroatoms. The minimum absolute atomic E-state index is 0.0261. The maximum Gasteiger partial charge on any atom is 0.240 e. The maximum atomic E-state index is 13.5. The Morgan fingerprint density at radius 1 is 1.14 bits per heavy atom. The van der Waals surface area contributed by atoms with Gasteiger partial charge in [-0.2, -0.15) is 11.3 Å². The maximum absolute atomic E-state index is 13.5. The number of nitrogens with zero attached hydrogens (tertiary/aromatic N) is 1. The van der Waals surface area contributed by atoms with E-state index in [-0.39, 0.29) is 16.8 Å². The zero-order chi connectivity index (χ0) is 20.0. The minimum atomic E-state index is -3.60. The Balaban J connectivity index is 1.56. The van der Waals surface area contributed by atoms with Gasteiger partial charge in [-0.3, -0.25) is 0 Å². The standard InChI is InChI=1S/C20H17FN4O2S2/c21-13-1-6-17-19(9-13)24-20(22-17)23-18-10-15(29(26,27)25-14-2-3-14)4-5-16(18)12-7-8-28-11-12/h1,4-11,14,25H,2-3H2,(H2,22,23,24). The lowest BCUT2D eigenvalue weighted by Gasteiger charge is -2.13. The van der Waals surface area contributed by atoms with Crippen molar-refractivity contribution in [2.24, 2.45) is 0 Å². The first-order valence-corrected chi connectivity index (χ1v) is 11.5. The number of halogens is 1. The molecular weight excluding hydrogens is 411 g/mol. The quantitative estimate of drug-likeness (QED) is 0.418. The number of thiophene rings is 1. The monoisotopic (exact) mass is 428 g/mol. The van der Waals surface area contributed by atoms with E-state index in [0.29, 0.717) is 22.7 Å². The number of hydrogen-bond acceptors (Lipinski definition) is 5. The van der Waals surface area contributed by atoms with Gasteiger partial charge in [-0.15, -0.1) is 0 Å². The highest BCUT2D eigenvalue weighted by Gasteiger charge is 2.28. The molecule has 3 N–H and O–H groups in total. The van der Waals surface area contributed by atoms with Crippen LogP contribution in [0.25, 0.3) is 22.2 Å². The average Bonchev–Trinajstić information content (AvgIpc) is 3.17. The predicted molar refractivity (Wildman–Crippen MR) is 112 cm³/mol. The molecule has 2 heterocycles. The summed E-state index contributed by atoms with van der Waals surface area (Å²) in [6.07, 6.45) is 1.74. The summed E-state index contributed by atoms with van der Waals surface area (Å²) in [4.78, 5) is 7.65. The van der Waals surface area contributed by atoms with Gasteiger partial charge in [-0.05, 0) is 65.6 Å². The number of anilines is 2. The average molecular weight is 429 g/mol. The third-order valence-electron chi connectivity index (χ3n) is 4.73. The van der Waals surface area contributed by atoms with Gasteiger partial charge in [0.05, 0.1) is 21.6 Å². The van der Waals surface area contributed by atoms with E-state index in [1.807, 2.05) is 16.8 Å². The van der Waals surface area contributed by atoms with E-state index in [1.54, 1.807) is 35.6 Å². The molecule has 1 aliphatic rings. The van der Waals surface area contributed by atoms with Crippen molar-refractivity contribution >= 4 is 44.0 Å². The van der Waals surface area contributed by atoms with Crippen LogP contribution in [0.3, 0.4) is 0 Å². The van der Waals surface area contributed by atoms with E-state index in [1.165, 1.54) is 12.1 Å². The van der Waals surface area contributed by atoms with Crippen molar-refractivity contribution in [1.29, 1.82) is 0 Å². The summed E-state index contributed by atoms with van der Waals surface area (Å²) in [7, 11) is -3.60. The number of H-pyrrole nitrogens is 1. The predicted octanol–water partition coefficient (Wildman–Crippen LogP) is 4.61. The van der Waals surface area contributed by atoms with Gasteiger partial charge in [-0.1, -0.05) is 6.07 Å². The molecule has 29 heavy (non-hydrogen) atoms. The van der Waals surface area contributed by atoms with E-state index in [0.717, 1.165) is 24.0 Å². The van der Waals surface area contributed by atoms with Crippen molar-refractivity contribution < 1.29 is 12.8 Å². The molecule has 2 aromatic carbocycles. The fraction of sp³-hybridized carbons (Fsp3) is 0.150. The molecule has 0 saturated heterocycles. The van der Waals surface area contributed by atoms with Crippen LogP contribution >= 0.6 is 11.3 Å². The number of aromatic amines is 1. The zero-order valence-corrected chi connectivity index (χ0v) is 16.8. The Morgan fingerprint density at radius 2 is 2.00 bits per heavy atom. The lowest BCUT2D eigenvalue weighted by Crippen LogP contribution is -2.25. The summed E-state index contributed by atoms with van der Waals surface area (Å²) in [5.74, 6) is 0.0534. The molecule has 5 rings (SSSR count). The van der Waals surface area contributed by atoms with Gasteiger partial charge < -0.3 is 10.3 Å². The van der Waals surface area contributed by atoms with Crippen molar-refractivity contribution in [1.82, 2.24) is 14.7 Å². The van der Waals surface area contributed by atoms with Crippen LogP contribution < -0.4 is 10.0 Å². The summed E-state index contributed by atoms with van der Waals surface area (Å²) in [5, 5.41) is 7.13. The fourth-order valence-corrected chi connectivity index (χ4v) is 5.11. The second-order valence-electron chi connectivity index (χ2n) is 6.99. The minimum Gasteiger partial charge on any atom is -0.325 e. The lowest BCUT2D eigenvalue weighted by atomic mass is 10.1. The first-order valence-electron chi connectivity index (χ1n) is 9.09. The number of aromatic nitrogens is 2. The van der Waals surface area contributed by atoms with Gasteiger partial charge in [0.15, 0.2) is 0 Å². The molecular formula is C20H17FN4O2S2. The summed E-state index contributed by atoms with van der Waals surface area (Å²) >= 11 is 1.56. The van der Waals surface area contributed by atoms with Crippen LogP contribution in [-0.2, 0) is 10.0 Å². The molecule has 0 bridgehead atoms. The number of rotatable bonds is 6. The summed E-state index contributed by atoms with van der Waals surface area (Å²) in [6.45, 7) is 0. The third-order valence-corrected chi connectivity index (χ3v) is 6.93. The van der Waals surface area contributed by atoms with E-state index < -0.39 is 10.0 Å². The Hall–Kier alpha value is -2.75. The molecule has 0 amide bonds. The Labute approximate surface area is 170 Å². The van der Waals surface area contributed by atoms with E-state index >= 15 is 0 Å². The Bertz CT molecular complexity index is 1300. The van der Waals surface area contributed by atoms with Crippen LogP contribution in [-0.4, -0.2) is 24.4 Å². The number of nitrogens with one attached hydrogen (secondary N) is 3. The van der Waals surface area contributed by atoms with Crippen LogP contribution in [0, 0.1) is 5.82 Å². The molecule has 2 aromatic heterocycles. The molecule has 0 unspecified atom stereocenters. The molecule has 6 nitrogen and oxygen atoms in total. The van der Waals surface area contributed by atoms with E-state index in [9.17, 15) is 12.8 Å². The van der Waals surface area contributed by atoms with Crippen molar-refractivity contribution in [3.8, 4) is 11.1 Å². The second kappa shape index (κ2) is 6.94. The van der Waals surface area contributed by atoms with Gasteiger partial charge in [0.1, 0.15) is 5.82 Å². The molecule has 148 valence electrons. The molecule has 0 aliphatic heterocycles. The van der Waals surface area contributed by atoms with Crippen LogP contribution in [0.2, 0.25) is 0 Å². The molecule has 1 fully saturated rings. The summed E-state index contributed by atoms with van der Waals surface area (Å²) in [5.41, 5.74) is 3.59. The normalized spacial score (nSPS) is 14.4. The third kappa shape index (κ3) is 3.76. The van der Waals surface area contributed by atoms with Crippen molar-refractivity contribution in [3.63, 3.8) is 0 Å². The number of benzene rings is 2. The number of imidazole rings is 1. The highest BCUT2D eigenvalue weighted by atomic mass is 32.2. The van der Waals surface area contributed by atoms with Gasteiger partial charge in [-0.25, -0.2) is 22.5 Å². The fourth-order valence-electron chi connectivity index (χ4n) is 3.12. The zero-order valence-electron chi connectivity index (χ0n) is 15.1. The summed E-state index contributed by atoms with van der Waals surface area (Å²) in [6, 6.07) is 11.3. The first kappa shape index (κ1) is 18.3. The number of sulfonamides is 1. The highest BCUT2D eigenvalue weighted by Crippen LogP contribution is 2.34. The SMILES string of the molecule is O=S(=O)(NC1CC1)c1ccc(-c2ccsc2)c(Nc2nc3ccc(F)cc3[nH]2)c1. The van der Waals surface area contributed by atoms with Crippen LogP contribution in [0.1, 0.15) is 12.8 Å². The van der Waals surface area contributed by atoms with Crippen molar-refractivity contribution in [2.75, 3.05) is 5.32 Å². The van der Waals surface area contributed by atoms with Crippen LogP contribution in [0.4, 0.5) is 16.0 Å². The molecule has 4 aromatic rings. The van der Waals surface area contributed by atoms with Gasteiger partial charge in [0, 0.05) is 11.6 Å². The van der Waals surface area contributed by atoms with Gasteiger partial charge >= 0.3 is 0 Å². The molecule has 0 radical (unpaired) electrons. The highest BCUT2D eigenvalue weighted by molar-refractivity contribution is 7.89. The van der Waals surface area contributed by atoms with Gasteiger partial charge in [0.25, 0.3) is 0 Å². The smallest absolute Gasteiger partial charge is 0.240 e. The first-order chi connectivity index (χ1) is 14.0. The van der Waals surface area contributed by atoms with Crippen LogP contribution in [0.5, 0.6) is 0 Å². The second-order valence-corrected chi connectivity index (χ2v) is 9.48. The van der Waals surface area contributed by atoms with Crippen LogP contribution in [0.15, 0.2) is 58.1 Å². The molecule has 1 saturated carbocycles. The Morgan fingerprint density at radius 3 is 2.76 bits per heavy atom. The molecule has 1 aliphatic carbocycles. The number of hydrogen-bond donors (Lipinski definition) is 3. The number of fused-ring (bicyclic) bond motifs is 1. The van der Waals surface area contributed by atoms with E-state index in [4.69, 9.17) is 0 Å². The summed E-state index contributed by atoms with van der Waals surface area (Å²) < 4.78 is 41.5. The molecule has 0 spiro atoms. The lowest BCUT2D eigenvalue weighted by molar-refractivity contribution is 0.581. The van der Waals surface area contributed by atoms with Crippen molar-refractivity contribution in [2.45, 2.75) is 23.8 Å². The van der Waals surface area contributed by atoms with E-state index in [2.05, 4.69) is 20.0 Å². The topological polar surface area (TPSA) is 86.9 Å².